The minimum absolute atomic E-state index is 0.850. The molecular weight excluding hydrogens is 358 g/mol. The first-order chi connectivity index (χ1) is 13.1. The van der Waals surface area contributed by atoms with Crippen molar-refractivity contribution in [2.24, 2.45) is 0 Å². The molecule has 6 heteroatoms. The second-order valence-corrected chi connectivity index (χ2v) is 7.38. The maximum atomic E-state index is 6.32. The van der Waals surface area contributed by atoms with Crippen LogP contribution in [0.1, 0.15) is 17.0 Å². The molecule has 0 N–H and O–H groups in total. The molecule has 1 saturated heterocycles. The molecule has 5 nitrogen and oxygen atoms in total. The predicted molar refractivity (Wildman–Crippen MR) is 110 cm³/mol. The number of halogens is 1. The lowest BCUT2D eigenvalue weighted by atomic mass is 10.2. The van der Waals surface area contributed by atoms with Crippen LogP contribution < -0.4 is 4.90 Å². The minimum Gasteiger partial charge on any atom is -0.366 e. The van der Waals surface area contributed by atoms with Gasteiger partial charge in [0.2, 0.25) is 0 Å². The van der Waals surface area contributed by atoms with Gasteiger partial charge in [0.25, 0.3) is 0 Å². The van der Waals surface area contributed by atoms with Crippen molar-refractivity contribution < 1.29 is 0 Å². The number of anilines is 1. The third kappa shape index (κ3) is 3.70. The van der Waals surface area contributed by atoms with Crippen LogP contribution in [0.3, 0.4) is 0 Å². The SMILES string of the molecule is Cc1nn(-c2ccccn2)c(C)c1N1CCN(Cc2ccccc2Cl)CC1. The van der Waals surface area contributed by atoms with Crippen molar-refractivity contribution in [1.82, 2.24) is 19.7 Å². The first kappa shape index (κ1) is 18.0. The van der Waals surface area contributed by atoms with Crippen molar-refractivity contribution in [3.8, 4) is 5.82 Å². The maximum Gasteiger partial charge on any atom is 0.153 e. The Labute approximate surface area is 165 Å². The van der Waals surface area contributed by atoms with Gasteiger partial charge in [-0.2, -0.15) is 5.10 Å². The van der Waals surface area contributed by atoms with Gasteiger partial charge in [-0.25, -0.2) is 9.67 Å². The maximum absolute atomic E-state index is 6.32. The second-order valence-electron chi connectivity index (χ2n) is 6.97. The van der Waals surface area contributed by atoms with Gasteiger partial charge in [-0.05, 0) is 37.6 Å². The molecule has 1 aromatic carbocycles. The van der Waals surface area contributed by atoms with Crippen LogP contribution in [0.2, 0.25) is 5.02 Å². The van der Waals surface area contributed by atoms with E-state index in [0.29, 0.717) is 0 Å². The molecule has 140 valence electrons. The molecule has 0 spiro atoms. The Hall–Kier alpha value is -2.37. The van der Waals surface area contributed by atoms with Crippen LogP contribution in [-0.4, -0.2) is 45.8 Å². The van der Waals surface area contributed by atoms with Crippen LogP contribution in [0.15, 0.2) is 48.7 Å². The quantitative estimate of drug-likeness (QED) is 0.687. The molecule has 2 aromatic heterocycles. The van der Waals surface area contributed by atoms with E-state index in [4.69, 9.17) is 16.7 Å². The van der Waals surface area contributed by atoms with E-state index < -0.39 is 0 Å². The Morgan fingerprint density at radius 3 is 2.41 bits per heavy atom. The molecule has 1 fully saturated rings. The van der Waals surface area contributed by atoms with E-state index in [1.807, 2.05) is 35.0 Å². The number of hydrogen-bond acceptors (Lipinski definition) is 4. The molecular formula is C21H24ClN5. The average molecular weight is 382 g/mol. The Balaban J connectivity index is 1.47. The van der Waals surface area contributed by atoms with Gasteiger partial charge >= 0.3 is 0 Å². The molecule has 27 heavy (non-hydrogen) atoms. The van der Waals surface area contributed by atoms with E-state index in [-0.39, 0.29) is 0 Å². The number of pyridine rings is 1. The second kappa shape index (κ2) is 7.71. The van der Waals surface area contributed by atoms with Crippen LogP contribution in [-0.2, 0) is 6.54 Å². The van der Waals surface area contributed by atoms with Crippen molar-refractivity contribution in [2.45, 2.75) is 20.4 Å². The number of nitrogens with zero attached hydrogens (tertiary/aromatic N) is 5. The molecule has 3 aromatic rings. The largest absolute Gasteiger partial charge is 0.366 e. The van der Waals surface area contributed by atoms with E-state index in [9.17, 15) is 0 Å². The Morgan fingerprint density at radius 2 is 1.70 bits per heavy atom. The summed E-state index contributed by atoms with van der Waals surface area (Å²) in [7, 11) is 0. The Bertz CT molecular complexity index is 914. The topological polar surface area (TPSA) is 37.2 Å². The van der Waals surface area contributed by atoms with Crippen LogP contribution in [0, 0.1) is 13.8 Å². The highest BCUT2D eigenvalue weighted by molar-refractivity contribution is 6.31. The van der Waals surface area contributed by atoms with Gasteiger partial charge in [-0.15, -0.1) is 0 Å². The number of piperazine rings is 1. The predicted octanol–water partition coefficient (Wildman–Crippen LogP) is 3.86. The third-order valence-electron chi connectivity index (χ3n) is 5.16. The highest BCUT2D eigenvalue weighted by atomic mass is 35.5. The van der Waals surface area contributed by atoms with Gasteiger partial charge in [-0.3, -0.25) is 4.90 Å². The van der Waals surface area contributed by atoms with E-state index >= 15 is 0 Å². The first-order valence-electron chi connectivity index (χ1n) is 9.32. The van der Waals surface area contributed by atoms with Gasteiger partial charge < -0.3 is 4.90 Å². The summed E-state index contributed by atoms with van der Waals surface area (Å²) in [6.07, 6.45) is 1.80. The molecule has 0 radical (unpaired) electrons. The van der Waals surface area contributed by atoms with E-state index in [0.717, 1.165) is 55.0 Å². The standard InChI is InChI=1S/C21H24ClN5/c1-16-21(17(2)27(24-16)20-9-5-6-10-23-20)26-13-11-25(12-14-26)15-18-7-3-4-8-19(18)22/h3-10H,11-15H2,1-2H3. The molecule has 3 heterocycles. The highest BCUT2D eigenvalue weighted by Crippen LogP contribution is 2.27. The lowest BCUT2D eigenvalue weighted by molar-refractivity contribution is 0.250. The van der Waals surface area contributed by atoms with Crippen molar-refractivity contribution in [3.05, 3.63) is 70.6 Å². The molecule has 0 amide bonds. The summed E-state index contributed by atoms with van der Waals surface area (Å²) < 4.78 is 1.95. The summed E-state index contributed by atoms with van der Waals surface area (Å²) >= 11 is 6.32. The van der Waals surface area contributed by atoms with E-state index in [2.05, 4.69) is 40.8 Å². The smallest absolute Gasteiger partial charge is 0.153 e. The lowest BCUT2D eigenvalue weighted by Gasteiger charge is -2.36. The highest BCUT2D eigenvalue weighted by Gasteiger charge is 2.23. The lowest BCUT2D eigenvalue weighted by Crippen LogP contribution is -2.46. The van der Waals surface area contributed by atoms with Crippen LogP contribution in [0.4, 0.5) is 5.69 Å². The molecule has 4 rings (SSSR count). The number of aromatic nitrogens is 3. The van der Waals surface area contributed by atoms with E-state index in [1.165, 1.54) is 11.3 Å². The average Bonchev–Trinajstić information content (AvgIpc) is 2.99. The van der Waals surface area contributed by atoms with Gasteiger partial charge in [0.1, 0.15) is 0 Å². The van der Waals surface area contributed by atoms with Gasteiger partial charge in [-0.1, -0.05) is 35.9 Å². The number of rotatable bonds is 4. The monoisotopic (exact) mass is 381 g/mol. The van der Waals surface area contributed by atoms with Gasteiger partial charge in [0.15, 0.2) is 5.82 Å². The summed E-state index contributed by atoms with van der Waals surface area (Å²) in [5, 5.41) is 5.59. The van der Waals surface area contributed by atoms with Crippen LogP contribution >= 0.6 is 11.6 Å². The molecule has 0 saturated carbocycles. The van der Waals surface area contributed by atoms with Crippen LogP contribution in [0.25, 0.3) is 5.82 Å². The molecule has 0 atom stereocenters. The summed E-state index contributed by atoms with van der Waals surface area (Å²) in [5.41, 5.74) is 4.63. The molecule has 0 aliphatic carbocycles. The zero-order valence-corrected chi connectivity index (χ0v) is 16.5. The molecule has 1 aliphatic heterocycles. The molecule has 1 aliphatic rings. The van der Waals surface area contributed by atoms with Crippen LogP contribution in [0.5, 0.6) is 0 Å². The van der Waals surface area contributed by atoms with Crippen molar-refractivity contribution in [3.63, 3.8) is 0 Å². The number of aryl methyl sites for hydroxylation is 1. The fraction of sp³-hybridized carbons (Fsp3) is 0.333. The Morgan fingerprint density at radius 1 is 0.963 bits per heavy atom. The fourth-order valence-corrected chi connectivity index (χ4v) is 3.99. The first-order valence-corrected chi connectivity index (χ1v) is 9.69. The minimum atomic E-state index is 0.850. The van der Waals surface area contributed by atoms with Gasteiger partial charge in [0.05, 0.1) is 17.1 Å². The zero-order valence-electron chi connectivity index (χ0n) is 15.8. The Kier molecular flexibility index (Phi) is 5.14. The normalized spacial score (nSPS) is 15.3. The summed E-state index contributed by atoms with van der Waals surface area (Å²) in [5.74, 6) is 0.863. The van der Waals surface area contributed by atoms with Crippen molar-refractivity contribution in [2.75, 3.05) is 31.1 Å². The fourth-order valence-electron chi connectivity index (χ4n) is 3.79. The number of hydrogen-bond donors (Lipinski definition) is 0. The van der Waals surface area contributed by atoms with Crippen molar-refractivity contribution in [1.29, 1.82) is 0 Å². The van der Waals surface area contributed by atoms with Gasteiger partial charge in [0, 0.05) is 43.9 Å². The summed E-state index contributed by atoms with van der Waals surface area (Å²) in [4.78, 5) is 9.35. The molecule has 0 bridgehead atoms. The third-order valence-corrected chi connectivity index (χ3v) is 5.53. The summed E-state index contributed by atoms with van der Waals surface area (Å²) in [6, 6.07) is 14.0. The summed E-state index contributed by atoms with van der Waals surface area (Å²) in [6.45, 7) is 9.11. The number of benzene rings is 1. The van der Waals surface area contributed by atoms with Crippen molar-refractivity contribution >= 4 is 17.3 Å². The van der Waals surface area contributed by atoms with E-state index in [1.54, 1.807) is 6.20 Å². The zero-order chi connectivity index (χ0) is 18.8. The molecule has 0 unspecified atom stereocenters.